The second kappa shape index (κ2) is 4.55. The van der Waals surface area contributed by atoms with Crippen LogP contribution >= 0.6 is 23.2 Å². The van der Waals surface area contributed by atoms with Crippen LogP contribution in [0, 0.1) is 0 Å². The predicted molar refractivity (Wildman–Crippen MR) is 68.0 cm³/mol. The van der Waals surface area contributed by atoms with Crippen LogP contribution in [0.3, 0.4) is 0 Å². The molecule has 1 aromatic heterocycles. The molecule has 2 rings (SSSR count). The lowest BCUT2D eigenvalue weighted by Gasteiger charge is -2.07. The summed E-state index contributed by atoms with van der Waals surface area (Å²) in [6.45, 7) is 2.37. The second-order valence-corrected chi connectivity index (χ2v) is 4.48. The van der Waals surface area contributed by atoms with Crippen molar-refractivity contribution in [1.82, 2.24) is 9.78 Å². The van der Waals surface area contributed by atoms with E-state index in [1.165, 1.54) is 16.8 Å². The molecule has 0 bridgehead atoms. The number of rotatable bonds is 2. The van der Waals surface area contributed by atoms with Gasteiger partial charge in [-0.2, -0.15) is 0 Å². The summed E-state index contributed by atoms with van der Waals surface area (Å²) in [5.41, 5.74) is -0.279. The Morgan fingerprint density at radius 3 is 2.47 bits per heavy atom. The van der Waals surface area contributed by atoms with E-state index in [1.54, 1.807) is 0 Å². The zero-order valence-electron chi connectivity index (χ0n) is 9.07. The van der Waals surface area contributed by atoms with E-state index in [2.05, 4.69) is 5.10 Å². The second-order valence-electron chi connectivity index (χ2n) is 3.66. The molecule has 17 heavy (non-hydrogen) atoms. The lowest BCUT2D eigenvalue weighted by molar-refractivity contribution is 0.425. The van der Waals surface area contributed by atoms with Gasteiger partial charge in [0, 0.05) is 6.54 Å². The maximum atomic E-state index is 12.0. The van der Waals surface area contributed by atoms with Crippen LogP contribution in [0.4, 0.5) is 0 Å². The molecule has 0 amide bonds. The number of aromatic hydroxyl groups is 1. The number of nitrogens with zero attached hydrogens (tertiary/aromatic N) is 2. The van der Waals surface area contributed by atoms with Gasteiger partial charge in [-0.05, 0) is 18.6 Å². The Hall–Kier alpha value is -1.26. The first-order chi connectivity index (χ1) is 8.04. The summed E-state index contributed by atoms with van der Waals surface area (Å²) in [5, 5.41) is 14.8. The van der Waals surface area contributed by atoms with Crippen LogP contribution in [0.1, 0.15) is 13.3 Å². The molecule has 0 radical (unpaired) electrons. The van der Waals surface area contributed by atoms with Gasteiger partial charge in [-0.15, -0.1) is 5.10 Å². The minimum absolute atomic E-state index is 0.216. The van der Waals surface area contributed by atoms with E-state index in [4.69, 9.17) is 23.2 Å². The summed E-state index contributed by atoms with van der Waals surface area (Å²) >= 11 is 11.7. The van der Waals surface area contributed by atoms with Gasteiger partial charge in [0.1, 0.15) is 0 Å². The Morgan fingerprint density at radius 2 is 1.88 bits per heavy atom. The summed E-state index contributed by atoms with van der Waals surface area (Å²) in [6, 6.07) is 2.90. The van der Waals surface area contributed by atoms with E-state index < -0.39 is 0 Å². The quantitative estimate of drug-likeness (QED) is 0.915. The molecule has 0 unspecified atom stereocenters. The van der Waals surface area contributed by atoms with Gasteiger partial charge in [-0.25, -0.2) is 4.68 Å². The number of hydrogen-bond donors (Lipinski definition) is 1. The van der Waals surface area contributed by atoms with Gasteiger partial charge in [-0.3, -0.25) is 4.79 Å². The highest BCUT2D eigenvalue weighted by Crippen LogP contribution is 2.29. The van der Waals surface area contributed by atoms with Crippen molar-refractivity contribution in [1.29, 1.82) is 0 Å². The van der Waals surface area contributed by atoms with Crippen LogP contribution in [0.15, 0.2) is 16.9 Å². The summed E-state index contributed by atoms with van der Waals surface area (Å²) in [4.78, 5) is 12.0. The number of hydrogen-bond acceptors (Lipinski definition) is 3. The minimum atomic E-state index is -0.279. The molecular formula is C11H10Cl2N2O2. The molecule has 1 heterocycles. The molecule has 0 aliphatic rings. The number of halogens is 2. The Bertz CT molecular complexity index is 637. The maximum absolute atomic E-state index is 12.0. The van der Waals surface area contributed by atoms with Crippen molar-refractivity contribution in [3.8, 4) is 5.88 Å². The van der Waals surface area contributed by atoms with Crippen molar-refractivity contribution in [2.24, 2.45) is 0 Å². The van der Waals surface area contributed by atoms with E-state index in [1.807, 2.05) is 6.92 Å². The summed E-state index contributed by atoms with van der Waals surface area (Å²) in [6.07, 6.45) is 0.749. The smallest absolute Gasteiger partial charge is 0.274 e. The van der Waals surface area contributed by atoms with E-state index in [0.717, 1.165) is 6.42 Å². The van der Waals surface area contributed by atoms with Gasteiger partial charge in [-0.1, -0.05) is 30.1 Å². The van der Waals surface area contributed by atoms with Crippen molar-refractivity contribution in [3.05, 3.63) is 32.5 Å². The van der Waals surface area contributed by atoms with Gasteiger partial charge in [0.2, 0.25) is 5.88 Å². The molecular weight excluding hydrogens is 263 g/mol. The molecule has 1 N–H and O–H groups in total. The molecule has 0 aliphatic heterocycles. The Labute approximate surface area is 107 Å². The molecule has 0 aliphatic carbocycles. The molecule has 4 nitrogen and oxygen atoms in total. The Kier molecular flexibility index (Phi) is 3.26. The van der Waals surface area contributed by atoms with Crippen LogP contribution < -0.4 is 5.56 Å². The zero-order chi connectivity index (χ0) is 12.6. The van der Waals surface area contributed by atoms with Crippen molar-refractivity contribution >= 4 is 34.0 Å². The van der Waals surface area contributed by atoms with E-state index in [0.29, 0.717) is 17.3 Å². The third kappa shape index (κ3) is 2.10. The number of benzene rings is 1. The van der Waals surface area contributed by atoms with Crippen molar-refractivity contribution in [2.75, 3.05) is 0 Å². The third-order valence-electron chi connectivity index (χ3n) is 2.42. The molecule has 90 valence electrons. The fourth-order valence-electron chi connectivity index (χ4n) is 1.62. The fourth-order valence-corrected chi connectivity index (χ4v) is 1.95. The van der Waals surface area contributed by atoms with Crippen LogP contribution in [-0.4, -0.2) is 14.9 Å². The fraction of sp³-hybridized carbons (Fsp3) is 0.273. The Morgan fingerprint density at radius 1 is 1.29 bits per heavy atom. The largest absolute Gasteiger partial charge is 0.492 e. The van der Waals surface area contributed by atoms with Crippen LogP contribution in [0.5, 0.6) is 5.88 Å². The minimum Gasteiger partial charge on any atom is -0.492 e. The van der Waals surface area contributed by atoms with Crippen LogP contribution in [-0.2, 0) is 6.54 Å². The lowest BCUT2D eigenvalue weighted by Crippen LogP contribution is -2.22. The number of fused-ring (bicyclic) bond motifs is 1. The summed E-state index contributed by atoms with van der Waals surface area (Å²) in [5.74, 6) is -0.216. The first-order valence-electron chi connectivity index (χ1n) is 5.13. The van der Waals surface area contributed by atoms with Crippen molar-refractivity contribution in [3.63, 3.8) is 0 Å². The standard InChI is InChI=1S/C11H10Cl2N2O2/c1-2-3-15-11(17)7-5-9(13)8(12)4-6(7)10(16)14-15/h4-5H,2-3H2,1H3,(H,14,16). The molecule has 2 aromatic rings. The highest BCUT2D eigenvalue weighted by atomic mass is 35.5. The first kappa shape index (κ1) is 12.2. The van der Waals surface area contributed by atoms with E-state index >= 15 is 0 Å². The maximum Gasteiger partial charge on any atom is 0.274 e. The summed E-state index contributed by atoms with van der Waals surface area (Å²) in [7, 11) is 0. The number of aryl methyl sites for hydroxylation is 1. The first-order valence-corrected chi connectivity index (χ1v) is 5.89. The highest BCUT2D eigenvalue weighted by Gasteiger charge is 2.12. The SMILES string of the molecule is CCCn1nc(O)c2cc(Cl)c(Cl)cc2c1=O. The van der Waals surface area contributed by atoms with Gasteiger partial charge in [0.15, 0.2) is 0 Å². The topological polar surface area (TPSA) is 55.1 Å². The molecule has 0 atom stereocenters. The van der Waals surface area contributed by atoms with Gasteiger partial charge in [0.25, 0.3) is 5.56 Å². The lowest BCUT2D eigenvalue weighted by atomic mass is 10.2. The molecule has 0 saturated heterocycles. The Balaban J connectivity index is 2.84. The molecule has 6 heteroatoms. The number of aromatic nitrogens is 2. The van der Waals surface area contributed by atoms with Crippen LogP contribution in [0.25, 0.3) is 10.8 Å². The third-order valence-corrected chi connectivity index (χ3v) is 3.14. The van der Waals surface area contributed by atoms with Crippen molar-refractivity contribution in [2.45, 2.75) is 19.9 Å². The average Bonchev–Trinajstić information content (AvgIpc) is 2.29. The van der Waals surface area contributed by atoms with Gasteiger partial charge < -0.3 is 5.11 Å². The highest BCUT2D eigenvalue weighted by molar-refractivity contribution is 6.42. The molecule has 0 fully saturated rings. The zero-order valence-corrected chi connectivity index (χ0v) is 10.6. The van der Waals surface area contributed by atoms with Crippen molar-refractivity contribution < 1.29 is 5.11 Å². The molecule has 0 spiro atoms. The average molecular weight is 273 g/mol. The van der Waals surface area contributed by atoms with E-state index in [9.17, 15) is 9.90 Å². The van der Waals surface area contributed by atoms with Gasteiger partial charge >= 0.3 is 0 Å². The predicted octanol–water partition coefficient (Wildman–Crippen LogP) is 2.82. The van der Waals surface area contributed by atoms with Gasteiger partial charge in [0.05, 0.1) is 20.8 Å². The van der Waals surface area contributed by atoms with E-state index in [-0.39, 0.29) is 21.5 Å². The molecule has 1 aromatic carbocycles. The monoisotopic (exact) mass is 272 g/mol. The van der Waals surface area contributed by atoms with Crippen LogP contribution in [0.2, 0.25) is 10.0 Å². The normalized spacial score (nSPS) is 11.0. The summed E-state index contributed by atoms with van der Waals surface area (Å²) < 4.78 is 1.22. The molecule has 0 saturated carbocycles.